The van der Waals surface area contributed by atoms with Gasteiger partial charge in [-0.1, -0.05) is 43.1 Å². The number of carbonyl (C=O) groups excluding carboxylic acids is 1. The smallest absolute Gasteiger partial charge is 0.136 e. The molecule has 1 N–H and O–H groups in total. The van der Waals surface area contributed by atoms with E-state index < -0.39 is 0 Å². The van der Waals surface area contributed by atoms with Crippen LogP contribution < -0.4 is 0 Å². The lowest BCUT2D eigenvalue weighted by molar-refractivity contribution is -0.122. The first-order valence-electron chi connectivity index (χ1n) is 13.0. The average molecular weight is 427 g/mol. The van der Waals surface area contributed by atoms with Crippen LogP contribution in [0.2, 0.25) is 0 Å². The first-order chi connectivity index (χ1) is 14.5. The Morgan fingerprint density at radius 3 is 2.55 bits per heavy atom. The molecule has 3 fully saturated rings. The first kappa shape index (κ1) is 23.3. The number of hydrogen-bond acceptors (Lipinski definition) is 2. The topological polar surface area (TPSA) is 37.3 Å². The summed E-state index contributed by atoms with van der Waals surface area (Å²) in [4.78, 5) is 12.2. The lowest BCUT2D eigenvalue weighted by Crippen LogP contribution is -2.51. The summed E-state index contributed by atoms with van der Waals surface area (Å²) in [5.41, 5.74) is 6.45. The lowest BCUT2D eigenvalue weighted by Gasteiger charge is -2.58. The van der Waals surface area contributed by atoms with Crippen molar-refractivity contribution in [1.82, 2.24) is 0 Å². The van der Waals surface area contributed by atoms with Gasteiger partial charge in [0.15, 0.2) is 0 Å². The first-order valence-corrected chi connectivity index (χ1v) is 13.0. The Bertz CT molecular complexity index is 800. The van der Waals surface area contributed by atoms with Crippen LogP contribution in [0, 0.1) is 40.4 Å². The molecular weight excluding hydrogens is 380 g/mol. The van der Waals surface area contributed by atoms with Crippen molar-refractivity contribution in [2.75, 3.05) is 0 Å². The lowest BCUT2D eigenvalue weighted by atomic mass is 9.46. The van der Waals surface area contributed by atoms with Crippen LogP contribution in [0.25, 0.3) is 0 Å². The van der Waals surface area contributed by atoms with E-state index in [1.165, 1.54) is 41.6 Å². The summed E-state index contributed by atoms with van der Waals surface area (Å²) in [5, 5.41) is 11.3. The molecule has 2 heteroatoms. The van der Waals surface area contributed by atoms with Gasteiger partial charge in [0.1, 0.15) is 5.78 Å². The molecule has 0 aliphatic heterocycles. The van der Waals surface area contributed by atoms with Crippen LogP contribution in [0.5, 0.6) is 0 Å². The molecule has 0 saturated heterocycles. The minimum Gasteiger partial charge on any atom is -0.393 e. The Kier molecular flexibility index (Phi) is 6.12. The van der Waals surface area contributed by atoms with E-state index in [1.807, 2.05) is 0 Å². The molecule has 0 bridgehead atoms. The quantitative estimate of drug-likeness (QED) is 0.480. The molecule has 0 unspecified atom stereocenters. The van der Waals surface area contributed by atoms with Crippen LogP contribution >= 0.6 is 0 Å². The predicted molar refractivity (Wildman–Crippen MR) is 129 cm³/mol. The third kappa shape index (κ3) is 3.69. The summed E-state index contributed by atoms with van der Waals surface area (Å²) in [6.45, 7) is 16.4. The van der Waals surface area contributed by atoms with Crippen LogP contribution in [0.15, 0.2) is 22.3 Å². The van der Waals surface area contributed by atoms with Gasteiger partial charge in [-0.05, 0) is 113 Å². The fraction of sp³-hybridized carbons (Fsp3) is 0.828. The zero-order valence-electron chi connectivity index (χ0n) is 21.2. The zero-order valence-corrected chi connectivity index (χ0v) is 21.2. The second-order valence-corrected chi connectivity index (χ2v) is 12.6. The largest absolute Gasteiger partial charge is 0.393 e. The molecule has 174 valence electrons. The Morgan fingerprint density at radius 1 is 1.16 bits per heavy atom. The number of Topliss-reactive ketones (excluding diaryl/α,β-unsaturated/α-hetero) is 1. The maximum absolute atomic E-state index is 12.2. The van der Waals surface area contributed by atoms with Crippen LogP contribution in [0.1, 0.15) is 106 Å². The minimum absolute atomic E-state index is 0.151. The Hall–Kier alpha value is -0.890. The van der Waals surface area contributed by atoms with Gasteiger partial charge in [-0.25, -0.2) is 0 Å². The molecule has 2 nitrogen and oxygen atoms in total. The highest BCUT2D eigenvalue weighted by molar-refractivity contribution is 5.83. The third-order valence-corrected chi connectivity index (χ3v) is 10.8. The monoisotopic (exact) mass is 426 g/mol. The fourth-order valence-electron chi connectivity index (χ4n) is 8.88. The van der Waals surface area contributed by atoms with Crippen molar-refractivity contribution in [3.63, 3.8) is 0 Å². The van der Waals surface area contributed by atoms with E-state index in [2.05, 4.69) is 48.5 Å². The number of aliphatic hydroxyl groups excluding tert-OH is 1. The molecule has 0 aromatic carbocycles. The maximum Gasteiger partial charge on any atom is 0.136 e. The van der Waals surface area contributed by atoms with Gasteiger partial charge >= 0.3 is 0 Å². The van der Waals surface area contributed by atoms with E-state index in [-0.39, 0.29) is 16.9 Å². The van der Waals surface area contributed by atoms with Crippen molar-refractivity contribution in [3.05, 3.63) is 22.3 Å². The molecule has 3 saturated carbocycles. The van der Waals surface area contributed by atoms with Gasteiger partial charge in [0.2, 0.25) is 0 Å². The molecule has 4 rings (SSSR count). The van der Waals surface area contributed by atoms with Crippen molar-refractivity contribution in [2.45, 2.75) is 112 Å². The summed E-state index contributed by atoms with van der Waals surface area (Å²) in [7, 11) is 0. The van der Waals surface area contributed by atoms with E-state index in [1.54, 1.807) is 0 Å². The molecule has 4 aliphatic rings. The summed E-state index contributed by atoms with van der Waals surface area (Å²) in [6.07, 6.45) is 9.42. The van der Waals surface area contributed by atoms with E-state index in [0.717, 1.165) is 32.1 Å². The number of allylic oxidation sites excluding steroid dienone is 4. The molecule has 4 aliphatic carbocycles. The number of carbonyl (C=O) groups is 1. The molecule has 0 spiro atoms. The fourth-order valence-corrected chi connectivity index (χ4v) is 8.88. The van der Waals surface area contributed by atoms with Crippen molar-refractivity contribution in [2.24, 2.45) is 40.4 Å². The Labute approximate surface area is 191 Å². The van der Waals surface area contributed by atoms with E-state index in [4.69, 9.17) is 0 Å². The molecule has 31 heavy (non-hydrogen) atoms. The van der Waals surface area contributed by atoms with Crippen LogP contribution in [0.3, 0.4) is 0 Å². The Balaban J connectivity index is 1.59. The molecule has 0 aromatic heterocycles. The van der Waals surface area contributed by atoms with Crippen LogP contribution in [-0.2, 0) is 4.79 Å². The van der Waals surface area contributed by atoms with E-state index in [9.17, 15) is 9.90 Å². The molecule has 0 amide bonds. The number of hydrogen-bond donors (Lipinski definition) is 1. The average Bonchev–Trinajstić information content (AvgIpc) is 2.97. The van der Waals surface area contributed by atoms with Gasteiger partial charge in [0.25, 0.3) is 0 Å². The number of rotatable bonds is 4. The van der Waals surface area contributed by atoms with Crippen molar-refractivity contribution >= 4 is 5.78 Å². The number of fused-ring (bicyclic) bond motifs is 5. The van der Waals surface area contributed by atoms with Gasteiger partial charge in [0.05, 0.1) is 6.10 Å². The highest BCUT2D eigenvalue weighted by atomic mass is 16.3. The van der Waals surface area contributed by atoms with Gasteiger partial charge in [0, 0.05) is 12.8 Å². The number of aliphatic hydroxyl groups is 1. The highest BCUT2D eigenvalue weighted by Gasteiger charge is 2.62. The molecule has 0 heterocycles. The summed E-state index contributed by atoms with van der Waals surface area (Å²) in [5.74, 6) is 3.45. The SMILES string of the molecule is CC(C)=C(C)CC[C@@H](C)[C@H]1[C@@H](O)C[C@H]2[C@@H]3CC(C)=C4CC(=O)CC[C@]4(C)[C@H]3CC[C@]12C. The molecular formula is C29H46O2. The Morgan fingerprint density at radius 2 is 1.87 bits per heavy atom. The standard InChI is InChI=1S/C29H46O2/c1-17(2)18(3)8-9-19(4)27-26(31)16-25-22-14-20(5)24-15-21(30)10-12-28(24,6)23(22)11-13-29(25,27)7/h19,22-23,25-27,31H,8-16H2,1-7H3/t19-,22-,23+,25+,26+,27+,28-,29+/m1/s1. The third-order valence-electron chi connectivity index (χ3n) is 10.8. The normalized spacial score (nSPS) is 43.2. The summed E-state index contributed by atoms with van der Waals surface area (Å²) >= 11 is 0. The number of ketones is 1. The van der Waals surface area contributed by atoms with E-state index >= 15 is 0 Å². The molecule has 0 aromatic rings. The highest BCUT2D eigenvalue weighted by Crippen LogP contribution is 2.68. The van der Waals surface area contributed by atoms with Crippen LogP contribution in [0.4, 0.5) is 0 Å². The van der Waals surface area contributed by atoms with Crippen molar-refractivity contribution in [1.29, 1.82) is 0 Å². The predicted octanol–water partition coefficient (Wildman–Crippen LogP) is 7.27. The van der Waals surface area contributed by atoms with Crippen molar-refractivity contribution < 1.29 is 9.90 Å². The maximum atomic E-state index is 12.2. The van der Waals surface area contributed by atoms with Crippen LogP contribution in [-0.4, -0.2) is 17.0 Å². The minimum atomic E-state index is -0.151. The van der Waals surface area contributed by atoms with Gasteiger partial charge < -0.3 is 5.11 Å². The zero-order chi connectivity index (χ0) is 22.7. The van der Waals surface area contributed by atoms with Gasteiger partial charge in [-0.2, -0.15) is 0 Å². The molecule has 8 atom stereocenters. The second-order valence-electron chi connectivity index (χ2n) is 12.6. The summed E-state index contributed by atoms with van der Waals surface area (Å²) in [6, 6.07) is 0. The summed E-state index contributed by atoms with van der Waals surface area (Å²) < 4.78 is 0. The van der Waals surface area contributed by atoms with Gasteiger partial charge in [-0.3, -0.25) is 4.79 Å². The molecule has 0 radical (unpaired) electrons. The van der Waals surface area contributed by atoms with E-state index in [0.29, 0.717) is 41.8 Å². The van der Waals surface area contributed by atoms with Crippen molar-refractivity contribution in [3.8, 4) is 0 Å². The second kappa shape index (κ2) is 8.15. The van der Waals surface area contributed by atoms with Gasteiger partial charge in [-0.15, -0.1) is 0 Å².